The highest BCUT2D eigenvalue weighted by Crippen LogP contribution is 2.37. The molecule has 3 N–H and O–H groups in total. The zero-order valence-electron chi connectivity index (χ0n) is 15.2. The quantitative estimate of drug-likeness (QED) is 0.343. The Morgan fingerprint density at radius 2 is 1.80 bits per heavy atom. The molecule has 4 aromatic rings. The zero-order valence-corrected chi connectivity index (χ0v) is 18.5. The van der Waals surface area contributed by atoms with Crippen molar-refractivity contribution >= 4 is 53.2 Å². The molecular weight excluding hydrogens is 492 g/mol. The first-order chi connectivity index (χ1) is 14.3. The van der Waals surface area contributed by atoms with Crippen molar-refractivity contribution in [1.29, 1.82) is 0 Å². The highest BCUT2D eigenvalue weighted by Gasteiger charge is 2.21. The molecule has 0 aliphatic carbocycles. The number of fused-ring (bicyclic) bond motifs is 1. The number of benzene rings is 3. The Bertz CT molecular complexity index is 1340. The van der Waals surface area contributed by atoms with Crippen LogP contribution >= 0.6 is 15.9 Å². The number of nitrogens with one attached hydrogen (secondary N) is 2. The average Bonchev–Trinajstić information content (AvgIpc) is 3.23. The minimum atomic E-state index is -3.91. The maximum Gasteiger partial charge on any atom is 0.261 e. The number of aromatic amines is 1. The lowest BCUT2D eigenvalue weighted by Gasteiger charge is -2.15. The average molecular weight is 507 g/mol. The van der Waals surface area contributed by atoms with Gasteiger partial charge >= 0.3 is 0 Å². The molecule has 0 fully saturated rings. The smallest absolute Gasteiger partial charge is 0.261 e. The number of nitrogens with zero attached hydrogens (tertiary/aromatic N) is 2. The number of sulfonamides is 1. The Labute approximate surface area is 183 Å². The summed E-state index contributed by atoms with van der Waals surface area (Å²) in [5, 5.41) is 21.6. The maximum absolute atomic E-state index is 12.9. The van der Waals surface area contributed by atoms with Crippen LogP contribution in [0.25, 0.3) is 10.8 Å². The molecule has 4 rings (SSSR count). The Morgan fingerprint density at radius 1 is 1.10 bits per heavy atom. The maximum atomic E-state index is 12.9. The molecule has 0 aliphatic heterocycles. The molecule has 0 spiro atoms. The van der Waals surface area contributed by atoms with Crippen molar-refractivity contribution in [2.45, 2.75) is 15.5 Å². The summed E-state index contributed by atoms with van der Waals surface area (Å²) in [6, 6.07) is 14.3. The van der Waals surface area contributed by atoms with Gasteiger partial charge < -0.3 is 5.11 Å². The minimum Gasteiger partial charge on any atom is -0.506 e. The fourth-order valence-electron chi connectivity index (χ4n) is 2.92. The number of phenolic OH excluding ortho intramolecular Hbond substituents is 1. The predicted octanol–water partition coefficient (Wildman–Crippen LogP) is 3.53. The lowest BCUT2D eigenvalue weighted by atomic mass is 10.1. The van der Waals surface area contributed by atoms with Crippen LogP contribution in [0.2, 0.25) is 0 Å². The van der Waals surface area contributed by atoms with E-state index in [0.717, 1.165) is 4.47 Å². The van der Waals surface area contributed by atoms with E-state index in [1.54, 1.807) is 36.4 Å². The normalized spacial score (nSPS) is 12.7. The first-order valence-corrected chi connectivity index (χ1v) is 12.2. The van der Waals surface area contributed by atoms with Crippen LogP contribution in [-0.4, -0.2) is 33.1 Å². The van der Waals surface area contributed by atoms with Gasteiger partial charge in [-0.2, -0.15) is 15.4 Å². The van der Waals surface area contributed by atoms with Gasteiger partial charge in [0.25, 0.3) is 10.0 Å². The van der Waals surface area contributed by atoms with Crippen molar-refractivity contribution < 1.29 is 17.7 Å². The third kappa shape index (κ3) is 4.09. The molecule has 1 unspecified atom stereocenters. The number of aromatic nitrogens is 3. The van der Waals surface area contributed by atoms with Gasteiger partial charge in [-0.1, -0.05) is 40.2 Å². The van der Waals surface area contributed by atoms with Crippen LogP contribution in [0.5, 0.6) is 5.75 Å². The lowest BCUT2D eigenvalue weighted by molar-refractivity contribution is 0.468. The SMILES string of the molecule is O=S(Cc1cn[nH]n1)c1cc(NS(=O)(=O)c2ccc(Br)cc2)c2ccccc2c1O. The van der Waals surface area contributed by atoms with Crippen LogP contribution in [0, 0.1) is 0 Å². The number of hydrogen-bond acceptors (Lipinski definition) is 6. The minimum absolute atomic E-state index is 0.0152. The zero-order chi connectivity index (χ0) is 21.3. The van der Waals surface area contributed by atoms with E-state index in [1.807, 2.05) is 0 Å². The van der Waals surface area contributed by atoms with Crippen LogP contribution < -0.4 is 4.72 Å². The van der Waals surface area contributed by atoms with E-state index in [1.165, 1.54) is 24.4 Å². The van der Waals surface area contributed by atoms with Gasteiger partial charge in [0.1, 0.15) is 5.75 Å². The highest BCUT2D eigenvalue weighted by atomic mass is 79.9. The Balaban J connectivity index is 1.80. The monoisotopic (exact) mass is 506 g/mol. The molecule has 1 heterocycles. The van der Waals surface area contributed by atoms with Gasteiger partial charge in [0.15, 0.2) is 0 Å². The van der Waals surface area contributed by atoms with Gasteiger partial charge in [-0.15, -0.1) is 0 Å². The molecule has 0 saturated carbocycles. The summed E-state index contributed by atoms with van der Waals surface area (Å²) in [4.78, 5) is 0.179. The number of aromatic hydroxyl groups is 1. The summed E-state index contributed by atoms with van der Waals surface area (Å²) in [5.41, 5.74) is 0.674. The van der Waals surface area contributed by atoms with Crippen molar-refractivity contribution in [3.63, 3.8) is 0 Å². The fourth-order valence-corrected chi connectivity index (χ4v) is 5.39. The fraction of sp³-hybridized carbons (Fsp3) is 0.0526. The van der Waals surface area contributed by atoms with Crippen LogP contribution in [0.1, 0.15) is 5.69 Å². The molecule has 1 atom stereocenters. The van der Waals surface area contributed by atoms with Crippen LogP contribution in [0.15, 0.2) is 75.1 Å². The van der Waals surface area contributed by atoms with Crippen molar-refractivity contribution in [3.05, 3.63) is 71.0 Å². The highest BCUT2D eigenvalue weighted by molar-refractivity contribution is 9.10. The van der Waals surface area contributed by atoms with Gasteiger partial charge in [0, 0.05) is 15.2 Å². The summed E-state index contributed by atoms with van der Waals surface area (Å²) in [7, 11) is -5.59. The van der Waals surface area contributed by atoms with Gasteiger partial charge in [0.2, 0.25) is 0 Å². The van der Waals surface area contributed by atoms with Gasteiger partial charge in [-0.05, 0) is 30.3 Å². The molecule has 8 nitrogen and oxygen atoms in total. The first kappa shape index (κ1) is 20.5. The van der Waals surface area contributed by atoms with Crippen LogP contribution in [-0.2, 0) is 26.6 Å². The van der Waals surface area contributed by atoms with Gasteiger partial charge in [-0.3, -0.25) is 8.93 Å². The molecule has 0 saturated heterocycles. The summed E-state index contributed by atoms with van der Waals surface area (Å²) in [6.45, 7) is 0. The van der Waals surface area contributed by atoms with Gasteiger partial charge in [0.05, 0.1) is 43.9 Å². The van der Waals surface area contributed by atoms with Crippen molar-refractivity contribution in [2.75, 3.05) is 4.72 Å². The molecule has 11 heteroatoms. The number of rotatable bonds is 6. The van der Waals surface area contributed by atoms with E-state index in [0.29, 0.717) is 16.5 Å². The third-order valence-corrected chi connectivity index (χ3v) is 7.61. The number of hydrogen-bond donors (Lipinski definition) is 3. The second kappa shape index (κ2) is 8.17. The number of halogens is 1. The van der Waals surface area contributed by atoms with Crippen LogP contribution in [0.3, 0.4) is 0 Å². The molecule has 1 aromatic heterocycles. The van der Waals surface area contributed by atoms with Crippen molar-refractivity contribution in [3.8, 4) is 5.75 Å². The summed E-state index contributed by atoms with van der Waals surface area (Å²) in [5.74, 6) is -0.152. The molecule has 0 amide bonds. The number of H-pyrrole nitrogens is 1. The standard InChI is InChI=1S/C19H15BrN4O4S2/c20-12-5-7-14(8-6-12)30(27,28)23-17-9-18(29(26)11-13-10-21-24-22-13)19(25)16-4-2-1-3-15(16)17/h1-10,23,25H,11H2,(H,21,22,24). The topological polar surface area (TPSA) is 125 Å². The molecule has 0 radical (unpaired) electrons. The van der Waals surface area contributed by atoms with E-state index >= 15 is 0 Å². The number of anilines is 1. The molecule has 154 valence electrons. The Kier molecular flexibility index (Phi) is 5.58. The summed E-state index contributed by atoms with van der Waals surface area (Å²) >= 11 is 3.28. The molecule has 0 bridgehead atoms. The summed E-state index contributed by atoms with van der Waals surface area (Å²) in [6.07, 6.45) is 1.44. The molecule has 30 heavy (non-hydrogen) atoms. The van der Waals surface area contributed by atoms with Crippen molar-refractivity contribution in [2.24, 2.45) is 0 Å². The largest absolute Gasteiger partial charge is 0.506 e. The molecular formula is C19H15BrN4O4S2. The van der Waals surface area contributed by atoms with E-state index in [4.69, 9.17) is 0 Å². The van der Waals surface area contributed by atoms with Crippen molar-refractivity contribution in [1.82, 2.24) is 15.4 Å². The first-order valence-electron chi connectivity index (χ1n) is 8.61. The third-order valence-electron chi connectivity index (χ3n) is 4.34. The van der Waals surface area contributed by atoms with Gasteiger partial charge in [-0.25, -0.2) is 8.42 Å². The molecule has 3 aromatic carbocycles. The second-order valence-corrected chi connectivity index (χ2v) is 10.3. The Morgan fingerprint density at radius 3 is 2.47 bits per heavy atom. The van der Waals surface area contributed by atoms with E-state index in [9.17, 15) is 17.7 Å². The molecule has 0 aliphatic rings. The number of phenols is 1. The second-order valence-electron chi connectivity index (χ2n) is 6.33. The van der Waals surface area contributed by atoms with E-state index < -0.39 is 20.8 Å². The summed E-state index contributed by atoms with van der Waals surface area (Å²) < 4.78 is 42.0. The lowest BCUT2D eigenvalue weighted by Crippen LogP contribution is -2.13. The van der Waals surface area contributed by atoms with E-state index in [2.05, 4.69) is 36.1 Å². The predicted molar refractivity (Wildman–Crippen MR) is 117 cm³/mol. The Hall–Kier alpha value is -2.76. The van der Waals surface area contributed by atoms with E-state index in [-0.39, 0.29) is 27.0 Å². The van der Waals surface area contributed by atoms with Crippen LogP contribution in [0.4, 0.5) is 5.69 Å².